The lowest BCUT2D eigenvalue weighted by molar-refractivity contribution is 0.895. The maximum Gasteiger partial charge on any atom is 0.124 e. The van der Waals surface area contributed by atoms with Crippen LogP contribution in [-0.4, -0.2) is 15.7 Å². The van der Waals surface area contributed by atoms with Crippen LogP contribution in [0, 0.1) is 6.20 Å². The lowest BCUT2D eigenvalue weighted by atomic mass is 10.4. The Hall–Kier alpha value is -0.440. The number of unbranched alkanes of at least 4 members (excludes halogenated alkanes) is 1. The normalized spacial score (nSPS) is 10.1. The predicted molar refractivity (Wildman–Crippen MR) is 43.1 cm³/mol. The Kier molecular flexibility index (Phi) is 3.36. The standard InChI is InChI=1S/C7H11N2S/c1-2-3-4-10-7-5-8-6-9-7/h6H,2-4H2,1H3,(H,8,9). The first-order chi connectivity index (χ1) is 4.93. The third-order valence-electron chi connectivity index (χ3n) is 1.16. The second-order valence-corrected chi connectivity index (χ2v) is 3.12. The number of nitrogens with zero attached hydrogens (tertiary/aromatic N) is 1. The van der Waals surface area contributed by atoms with Gasteiger partial charge in [-0.3, -0.25) is 0 Å². The highest BCUT2D eigenvalue weighted by Crippen LogP contribution is 2.14. The van der Waals surface area contributed by atoms with Crippen molar-refractivity contribution < 1.29 is 0 Å². The fourth-order valence-electron chi connectivity index (χ4n) is 0.604. The summed E-state index contributed by atoms with van der Waals surface area (Å²) in [6.07, 6.45) is 7.09. The van der Waals surface area contributed by atoms with Crippen LogP contribution in [0.5, 0.6) is 0 Å². The molecule has 0 saturated heterocycles. The molecule has 1 aromatic heterocycles. The predicted octanol–water partition coefficient (Wildman–Crippen LogP) is 2.10. The molecule has 0 unspecified atom stereocenters. The minimum atomic E-state index is 0.980. The van der Waals surface area contributed by atoms with Gasteiger partial charge < -0.3 is 4.98 Å². The first-order valence-electron chi connectivity index (χ1n) is 3.47. The quantitative estimate of drug-likeness (QED) is 0.533. The molecule has 55 valence electrons. The highest BCUT2D eigenvalue weighted by molar-refractivity contribution is 7.99. The van der Waals surface area contributed by atoms with Crippen LogP contribution in [0.4, 0.5) is 0 Å². The van der Waals surface area contributed by atoms with E-state index < -0.39 is 0 Å². The zero-order chi connectivity index (χ0) is 7.23. The summed E-state index contributed by atoms with van der Waals surface area (Å²) < 4.78 is 0. The smallest absolute Gasteiger partial charge is 0.124 e. The second kappa shape index (κ2) is 4.39. The molecule has 0 aliphatic heterocycles. The Morgan fingerprint density at radius 2 is 2.70 bits per heavy atom. The van der Waals surface area contributed by atoms with Gasteiger partial charge in [-0.15, -0.1) is 11.8 Å². The molecule has 3 heteroatoms. The molecule has 0 aromatic carbocycles. The Bertz CT molecular complexity index is 160. The van der Waals surface area contributed by atoms with Gasteiger partial charge in [-0.05, 0) is 12.2 Å². The van der Waals surface area contributed by atoms with Crippen molar-refractivity contribution in [1.82, 2.24) is 9.97 Å². The van der Waals surface area contributed by atoms with E-state index in [0.29, 0.717) is 0 Å². The number of hydrogen-bond acceptors (Lipinski definition) is 2. The molecule has 0 fully saturated rings. The Morgan fingerprint density at radius 3 is 3.30 bits per heavy atom. The van der Waals surface area contributed by atoms with E-state index in [1.807, 2.05) is 0 Å². The molecule has 1 rings (SSSR count). The van der Waals surface area contributed by atoms with E-state index in [-0.39, 0.29) is 0 Å². The van der Waals surface area contributed by atoms with Crippen LogP contribution in [0.1, 0.15) is 19.8 Å². The number of nitrogens with one attached hydrogen (secondary N) is 1. The topological polar surface area (TPSA) is 28.7 Å². The average Bonchev–Trinajstić information content (AvgIpc) is 2.41. The van der Waals surface area contributed by atoms with Gasteiger partial charge in [0.15, 0.2) is 0 Å². The first kappa shape index (κ1) is 7.66. The zero-order valence-corrected chi connectivity index (χ0v) is 6.87. The fourth-order valence-corrected chi connectivity index (χ4v) is 1.49. The summed E-state index contributed by atoms with van der Waals surface area (Å²) in [4.78, 5) is 6.84. The van der Waals surface area contributed by atoms with Crippen molar-refractivity contribution in [2.45, 2.75) is 24.8 Å². The van der Waals surface area contributed by atoms with Crippen molar-refractivity contribution in [3.05, 3.63) is 12.5 Å². The van der Waals surface area contributed by atoms with E-state index in [2.05, 4.69) is 23.1 Å². The molecule has 1 radical (unpaired) electrons. The molecule has 0 atom stereocenters. The molecule has 10 heavy (non-hydrogen) atoms. The lowest BCUT2D eigenvalue weighted by Gasteiger charge is -1.92. The molecule has 0 bridgehead atoms. The van der Waals surface area contributed by atoms with Crippen molar-refractivity contribution in [2.75, 3.05) is 5.75 Å². The minimum absolute atomic E-state index is 0.980. The van der Waals surface area contributed by atoms with Crippen molar-refractivity contribution >= 4 is 11.8 Å². The summed E-state index contributed by atoms with van der Waals surface area (Å²) in [5.41, 5.74) is 0. The SMILES string of the molecule is CCCCSc1[c][nH]cn1. The van der Waals surface area contributed by atoms with Crippen molar-refractivity contribution in [3.8, 4) is 0 Å². The van der Waals surface area contributed by atoms with Gasteiger partial charge in [-0.1, -0.05) is 13.3 Å². The third-order valence-corrected chi connectivity index (χ3v) is 2.14. The average molecular weight is 155 g/mol. The highest BCUT2D eigenvalue weighted by Gasteiger charge is 1.93. The number of thioether (sulfide) groups is 1. The summed E-state index contributed by atoms with van der Waals surface area (Å²) in [6.45, 7) is 2.19. The summed E-state index contributed by atoms with van der Waals surface area (Å²) in [7, 11) is 0. The summed E-state index contributed by atoms with van der Waals surface area (Å²) in [5.74, 6) is 1.15. The lowest BCUT2D eigenvalue weighted by Crippen LogP contribution is -1.77. The van der Waals surface area contributed by atoms with Crippen LogP contribution in [0.15, 0.2) is 11.4 Å². The molecule has 0 amide bonds. The largest absolute Gasteiger partial charge is 0.342 e. The Labute approximate surface area is 65.4 Å². The van der Waals surface area contributed by atoms with E-state index in [1.165, 1.54) is 12.8 Å². The van der Waals surface area contributed by atoms with Crippen LogP contribution in [0.2, 0.25) is 0 Å². The third kappa shape index (κ3) is 2.43. The minimum Gasteiger partial charge on any atom is -0.342 e. The van der Waals surface area contributed by atoms with Gasteiger partial charge in [0.25, 0.3) is 0 Å². The van der Waals surface area contributed by atoms with Crippen molar-refractivity contribution in [3.63, 3.8) is 0 Å². The van der Waals surface area contributed by atoms with Gasteiger partial charge in [-0.2, -0.15) is 0 Å². The highest BCUT2D eigenvalue weighted by atomic mass is 32.2. The molecule has 0 saturated carbocycles. The number of aromatic amines is 1. The van der Waals surface area contributed by atoms with Crippen LogP contribution >= 0.6 is 11.8 Å². The number of imidazole rings is 1. The fraction of sp³-hybridized carbons (Fsp3) is 0.571. The molecule has 2 nitrogen and oxygen atoms in total. The molecule has 1 heterocycles. The summed E-state index contributed by atoms with van der Waals surface area (Å²) in [5, 5.41) is 0.980. The van der Waals surface area contributed by atoms with E-state index in [9.17, 15) is 0 Å². The van der Waals surface area contributed by atoms with Crippen LogP contribution in [0.25, 0.3) is 0 Å². The maximum absolute atomic E-state index is 4.04. The van der Waals surface area contributed by atoms with E-state index >= 15 is 0 Å². The van der Waals surface area contributed by atoms with Gasteiger partial charge in [0.2, 0.25) is 0 Å². The molecule has 0 aliphatic carbocycles. The number of hydrogen-bond donors (Lipinski definition) is 1. The van der Waals surface area contributed by atoms with Crippen molar-refractivity contribution in [1.29, 1.82) is 0 Å². The molecule has 1 aromatic rings. The number of H-pyrrole nitrogens is 1. The van der Waals surface area contributed by atoms with Gasteiger partial charge in [0, 0.05) is 0 Å². The number of rotatable bonds is 4. The van der Waals surface area contributed by atoms with Crippen LogP contribution in [0.3, 0.4) is 0 Å². The van der Waals surface area contributed by atoms with E-state index in [4.69, 9.17) is 0 Å². The van der Waals surface area contributed by atoms with Crippen LogP contribution < -0.4 is 0 Å². The molecular formula is C7H11N2S. The van der Waals surface area contributed by atoms with Crippen LogP contribution in [-0.2, 0) is 0 Å². The molecule has 0 spiro atoms. The molecule has 0 aliphatic rings. The molecule has 1 N–H and O–H groups in total. The summed E-state index contributed by atoms with van der Waals surface area (Å²) in [6, 6.07) is 0. The first-order valence-corrected chi connectivity index (χ1v) is 4.46. The van der Waals surface area contributed by atoms with Gasteiger partial charge >= 0.3 is 0 Å². The van der Waals surface area contributed by atoms with E-state index in [0.717, 1.165) is 10.8 Å². The maximum atomic E-state index is 4.04. The van der Waals surface area contributed by atoms with Gasteiger partial charge in [0.05, 0.1) is 12.5 Å². The Morgan fingerprint density at radius 1 is 1.80 bits per heavy atom. The van der Waals surface area contributed by atoms with Gasteiger partial charge in [0.1, 0.15) is 5.03 Å². The summed E-state index contributed by atoms with van der Waals surface area (Å²) >= 11 is 1.75. The zero-order valence-electron chi connectivity index (χ0n) is 6.05. The monoisotopic (exact) mass is 155 g/mol. The number of aromatic nitrogens is 2. The Balaban J connectivity index is 2.15. The second-order valence-electron chi connectivity index (χ2n) is 2.03. The van der Waals surface area contributed by atoms with Crippen molar-refractivity contribution in [2.24, 2.45) is 0 Å². The van der Waals surface area contributed by atoms with E-state index in [1.54, 1.807) is 18.1 Å². The van der Waals surface area contributed by atoms with Gasteiger partial charge in [-0.25, -0.2) is 4.98 Å². The molecular weight excluding hydrogens is 144 g/mol.